The van der Waals surface area contributed by atoms with E-state index in [9.17, 15) is 4.79 Å². The first-order chi connectivity index (χ1) is 7.68. The van der Waals surface area contributed by atoms with Crippen molar-refractivity contribution < 1.29 is 0 Å². The van der Waals surface area contributed by atoms with Gasteiger partial charge in [-0.2, -0.15) is 0 Å². The Morgan fingerprint density at radius 1 is 1.50 bits per heavy atom. The van der Waals surface area contributed by atoms with Crippen molar-refractivity contribution in [3.8, 4) is 0 Å². The van der Waals surface area contributed by atoms with Crippen LogP contribution in [0.1, 0.15) is 23.9 Å². The minimum atomic E-state index is -0.0994. The van der Waals surface area contributed by atoms with Crippen molar-refractivity contribution in [3.63, 3.8) is 0 Å². The topological polar surface area (TPSA) is 60.9 Å². The van der Waals surface area contributed by atoms with Gasteiger partial charge in [0.1, 0.15) is 5.82 Å². The molecule has 1 aliphatic rings. The summed E-state index contributed by atoms with van der Waals surface area (Å²) in [5.41, 5.74) is 7.70. The first-order valence-corrected chi connectivity index (χ1v) is 5.44. The van der Waals surface area contributed by atoms with Gasteiger partial charge in [0.05, 0.1) is 16.9 Å². The van der Waals surface area contributed by atoms with Crippen LogP contribution in [0, 0.1) is 6.92 Å². The van der Waals surface area contributed by atoms with Crippen LogP contribution in [0.25, 0.3) is 10.9 Å². The highest BCUT2D eigenvalue weighted by atomic mass is 16.1. The maximum Gasteiger partial charge on any atom is 0.261 e. The van der Waals surface area contributed by atoms with Gasteiger partial charge < -0.3 is 5.73 Å². The van der Waals surface area contributed by atoms with Gasteiger partial charge in [-0.05, 0) is 25.0 Å². The smallest absolute Gasteiger partial charge is 0.261 e. The number of nitrogens with zero attached hydrogens (tertiary/aromatic N) is 2. The normalized spacial score (nSPS) is 19.0. The third-order valence-electron chi connectivity index (χ3n) is 3.22. The highest BCUT2D eigenvalue weighted by molar-refractivity contribution is 5.81. The largest absolute Gasteiger partial charge is 0.321 e. The summed E-state index contributed by atoms with van der Waals surface area (Å²) < 4.78 is 1.71. The molecule has 2 N–H and O–H groups in total. The van der Waals surface area contributed by atoms with E-state index in [4.69, 9.17) is 5.73 Å². The maximum atomic E-state index is 12.3. The summed E-state index contributed by atoms with van der Waals surface area (Å²) in [5, 5.41) is 0.723. The minimum Gasteiger partial charge on any atom is -0.321 e. The van der Waals surface area contributed by atoms with E-state index in [1.165, 1.54) is 0 Å². The van der Waals surface area contributed by atoms with Crippen LogP contribution in [0.15, 0.2) is 23.0 Å². The van der Waals surface area contributed by atoms with E-state index in [-0.39, 0.29) is 11.6 Å². The molecule has 0 saturated heterocycles. The molecule has 2 heterocycles. The fourth-order valence-electron chi connectivity index (χ4n) is 2.34. The van der Waals surface area contributed by atoms with Crippen LogP contribution in [-0.2, 0) is 6.54 Å². The molecule has 0 fully saturated rings. The van der Waals surface area contributed by atoms with Gasteiger partial charge >= 0.3 is 0 Å². The van der Waals surface area contributed by atoms with Crippen molar-refractivity contribution in [1.29, 1.82) is 0 Å². The summed E-state index contributed by atoms with van der Waals surface area (Å²) in [5.74, 6) is 0.725. The molecule has 4 heteroatoms. The molecule has 0 amide bonds. The molecule has 2 aromatic rings. The van der Waals surface area contributed by atoms with E-state index >= 15 is 0 Å². The standard InChI is InChI=1S/C12H13N3O/c1-7-3-2-4-9-10(7)12(16)15-6-5-8(13)11(15)14-9/h2-4,8H,5-6,13H2,1H3/t8-/m0/s1. The highest BCUT2D eigenvalue weighted by Crippen LogP contribution is 2.22. The molecule has 0 radical (unpaired) electrons. The minimum absolute atomic E-state index is 0.0473. The fourth-order valence-corrected chi connectivity index (χ4v) is 2.34. The summed E-state index contributed by atoms with van der Waals surface area (Å²) in [6.07, 6.45) is 0.803. The zero-order valence-electron chi connectivity index (χ0n) is 9.10. The van der Waals surface area contributed by atoms with Gasteiger partial charge in [-0.25, -0.2) is 4.98 Å². The van der Waals surface area contributed by atoms with Crippen LogP contribution in [0.3, 0.4) is 0 Å². The molecular weight excluding hydrogens is 202 g/mol. The Hall–Kier alpha value is -1.68. The number of nitrogens with two attached hydrogens (primary N) is 1. The molecule has 4 nitrogen and oxygen atoms in total. The summed E-state index contributed by atoms with van der Waals surface area (Å²) in [7, 11) is 0. The van der Waals surface area contributed by atoms with Crippen LogP contribution in [0.4, 0.5) is 0 Å². The average Bonchev–Trinajstić information content (AvgIpc) is 2.61. The molecular formula is C12H13N3O. The third-order valence-corrected chi connectivity index (χ3v) is 3.22. The SMILES string of the molecule is Cc1cccc2nc3n(c(=O)c12)CC[C@@H]3N. The van der Waals surface area contributed by atoms with E-state index in [1.54, 1.807) is 4.57 Å². The van der Waals surface area contributed by atoms with E-state index < -0.39 is 0 Å². The monoisotopic (exact) mass is 215 g/mol. The maximum absolute atomic E-state index is 12.3. The Balaban J connectivity index is 2.49. The van der Waals surface area contributed by atoms with Crippen LogP contribution in [0.2, 0.25) is 0 Å². The predicted molar refractivity (Wildman–Crippen MR) is 62.3 cm³/mol. The number of hydrogen-bond acceptors (Lipinski definition) is 3. The van der Waals surface area contributed by atoms with Gasteiger partial charge in [-0.15, -0.1) is 0 Å². The van der Waals surface area contributed by atoms with E-state index in [1.807, 2.05) is 25.1 Å². The molecule has 0 saturated carbocycles. The molecule has 0 spiro atoms. The molecule has 1 atom stereocenters. The Morgan fingerprint density at radius 2 is 2.31 bits per heavy atom. The Labute approximate surface area is 92.7 Å². The molecule has 0 bridgehead atoms. The van der Waals surface area contributed by atoms with E-state index in [0.29, 0.717) is 6.54 Å². The van der Waals surface area contributed by atoms with Gasteiger partial charge in [-0.1, -0.05) is 12.1 Å². The summed E-state index contributed by atoms with van der Waals surface area (Å²) >= 11 is 0. The first-order valence-electron chi connectivity index (χ1n) is 5.44. The van der Waals surface area contributed by atoms with Gasteiger partial charge in [0, 0.05) is 6.54 Å². The molecule has 3 rings (SSSR count). The lowest BCUT2D eigenvalue weighted by atomic mass is 10.1. The number of hydrogen-bond donors (Lipinski definition) is 1. The fraction of sp³-hybridized carbons (Fsp3) is 0.333. The van der Waals surface area contributed by atoms with Gasteiger partial charge in [0.2, 0.25) is 0 Å². The zero-order chi connectivity index (χ0) is 11.3. The second-order valence-electron chi connectivity index (χ2n) is 4.29. The second-order valence-corrected chi connectivity index (χ2v) is 4.29. The highest BCUT2D eigenvalue weighted by Gasteiger charge is 2.23. The molecule has 82 valence electrons. The summed E-state index contributed by atoms with van der Waals surface area (Å²) in [6.45, 7) is 2.62. The predicted octanol–water partition coefficient (Wildman–Crippen LogP) is 1.11. The van der Waals surface area contributed by atoms with Gasteiger partial charge in [0.25, 0.3) is 5.56 Å². The number of benzene rings is 1. The lowest BCUT2D eigenvalue weighted by molar-refractivity contribution is 0.679. The van der Waals surface area contributed by atoms with Crippen molar-refractivity contribution in [2.24, 2.45) is 5.73 Å². The summed E-state index contributed by atoms with van der Waals surface area (Å²) in [4.78, 5) is 16.8. The van der Waals surface area contributed by atoms with Crippen molar-refractivity contribution >= 4 is 10.9 Å². The number of fused-ring (bicyclic) bond motifs is 2. The third kappa shape index (κ3) is 1.13. The quantitative estimate of drug-likeness (QED) is 0.716. The van der Waals surface area contributed by atoms with E-state index in [0.717, 1.165) is 28.7 Å². The number of aromatic nitrogens is 2. The number of rotatable bonds is 0. The molecule has 0 unspecified atom stereocenters. The molecule has 1 aliphatic heterocycles. The molecule has 1 aromatic heterocycles. The first kappa shape index (κ1) is 9.54. The lowest BCUT2D eigenvalue weighted by Crippen LogP contribution is -2.23. The molecule has 16 heavy (non-hydrogen) atoms. The van der Waals surface area contributed by atoms with Crippen molar-refractivity contribution in [1.82, 2.24) is 9.55 Å². The van der Waals surface area contributed by atoms with Crippen molar-refractivity contribution in [2.45, 2.75) is 25.9 Å². The lowest BCUT2D eigenvalue weighted by Gasteiger charge is -2.08. The van der Waals surface area contributed by atoms with Gasteiger partial charge in [-0.3, -0.25) is 9.36 Å². The van der Waals surface area contributed by atoms with Crippen molar-refractivity contribution in [2.75, 3.05) is 0 Å². The second kappa shape index (κ2) is 3.15. The van der Waals surface area contributed by atoms with E-state index in [2.05, 4.69) is 4.98 Å². The summed E-state index contributed by atoms with van der Waals surface area (Å²) in [6, 6.07) is 5.63. The molecule has 0 aliphatic carbocycles. The van der Waals surface area contributed by atoms with Crippen LogP contribution in [0.5, 0.6) is 0 Å². The average molecular weight is 215 g/mol. The Morgan fingerprint density at radius 3 is 3.12 bits per heavy atom. The van der Waals surface area contributed by atoms with Gasteiger partial charge in [0.15, 0.2) is 0 Å². The van der Waals surface area contributed by atoms with Crippen LogP contribution in [-0.4, -0.2) is 9.55 Å². The van der Waals surface area contributed by atoms with Crippen molar-refractivity contribution in [3.05, 3.63) is 39.9 Å². The molecule has 1 aromatic carbocycles. The number of aryl methyl sites for hydroxylation is 1. The van der Waals surface area contributed by atoms with Crippen LogP contribution >= 0.6 is 0 Å². The Kier molecular flexibility index (Phi) is 1.88. The zero-order valence-corrected chi connectivity index (χ0v) is 9.10. The van der Waals surface area contributed by atoms with Crippen LogP contribution < -0.4 is 11.3 Å². The Bertz CT molecular complexity index is 630.